The number of hydrogen-bond donors (Lipinski definition) is 1. The van der Waals surface area contributed by atoms with E-state index in [1.807, 2.05) is 19.0 Å². The Morgan fingerprint density at radius 3 is 2.29 bits per heavy atom. The second-order valence-electron chi connectivity index (χ2n) is 5.01. The van der Waals surface area contributed by atoms with Crippen molar-refractivity contribution in [2.75, 3.05) is 20.6 Å². The first-order valence-electron chi connectivity index (χ1n) is 5.34. The SMILES string of the molecule is CC1CCC(CN(C)C)(C(=O)O)CC1. The second-order valence-corrected chi connectivity index (χ2v) is 5.01. The maximum absolute atomic E-state index is 11.3. The molecular formula is C11H21NO2. The van der Waals surface area contributed by atoms with Gasteiger partial charge in [-0.25, -0.2) is 0 Å². The van der Waals surface area contributed by atoms with E-state index in [1.54, 1.807) is 0 Å². The summed E-state index contributed by atoms with van der Waals surface area (Å²) in [7, 11) is 3.89. The zero-order chi connectivity index (χ0) is 10.8. The zero-order valence-electron chi connectivity index (χ0n) is 9.42. The molecule has 1 aliphatic carbocycles. The lowest BCUT2D eigenvalue weighted by Gasteiger charge is -2.37. The van der Waals surface area contributed by atoms with Crippen molar-refractivity contribution < 1.29 is 9.90 Å². The average Bonchev–Trinajstić information content (AvgIpc) is 2.08. The fourth-order valence-corrected chi connectivity index (χ4v) is 2.36. The van der Waals surface area contributed by atoms with Crippen LogP contribution in [0.25, 0.3) is 0 Å². The van der Waals surface area contributed by atoms with E-state index < -0.39 is 11.4 Å². The molecule has 0 aromatic heterocycles. The van der Waals surface area contributed by atoms with Crippen LogP contribution in [0.2, 0.25) is 0 Å². The molecule has 14 heavy (non-hydrogen) atoms. The summed E-state index contributed by atoms with van der Waals surface area (Å²) >= 11 is 0. The Hall–Kier alpha value is -0.570. The molecule has 0 atom stereocenters. The summed E-state index contributed by atoms with van der Waals surface area (Å²) in [6, 6.07) is 0. The first-order valence-corrected chi connectivity index (χ1v) is 5.34. The molecule has 82 valence electrons. The number of nitrogens with zero attached hydrogens (tertiary/aromatic N) is 1. The van der Waals surface area contributed by atoms with Crippen molar-refractivity contribution in [1.82, 2.24) is 4.90 Å². The van der Waals surface area contributed by atoms with Gasteiger partial charge in [-0.2, -0.15) is 0 Å². The first kappa shape index (κ1) is 11.5. The van der Waals surface area contributed by atoms with Crippen LogP contribution in [-0.2, 0) is 4.79 Å². The smallest absolute Gasteiger partial charge is 0.310 e. The van der Waals surface area contributed by atoms with E-state index in [9.17, 15) is 9.90 Å². The van der Waals surface area contributed by atoms with E-state index in [1.165, 1.54) is 0 Å². The molecule has 0 spiro atoms. The van der Waals surface area contributed by atoms with Crippen LogP contribution in [0, 0.1) is 11.3 Å². The summed E-state index contributed by atoms with van der Waals surface area (Å²) in [4.78, 5) is 13.3. The lowest BCUT2D eigenvalue weighted by Crippen LogP contribution is -2.43. The van der Waals surface area contributed by atoms with Gasteiger partial charge in [0.05, 0.1) is 5.41 Å². The summed E-state index contributed by atoms with van der Waals surface area (Å²) in [5.41, 5.74) is -0.476. The van der Waals surface area contributed by atoms with Gasteiger partial charge >= 0.3 is 5.97 Å². The minimum Gasteiger partial charge on any atom is -0.481 e. The van der Waals surface area contributed by atoms with Crippen molar-refractivity contribution >= 4 is 5.97 Å². The van der Waals surface area contributed by atoms with E-state index in [4.69, 9.17) is 0 Å². The summed E-state index contributed by atoms with van der Waals surface area (Å²) < 4.78 is 0. The van der Waals surface area contributed by atoms with Gasteiger partial charge in [0.15, 0.2) is 0 Å². The summed E-state index contributed by atoms with van der Waals surface area (Å²) in [6.45, 7) is 2.89. The van der Waals surface area contributed by atoms with Crippen LogP contribution >= 0.6 is 0 Å². The van der Waals surface area contributed by atoms with Crippen molar-refractivity contribution in [2.45, 2.75) is 32.6 Å². The van der Waals surface area contributed by atoms with Gasteiger partial charge in [0, 0.05) is 6.54 Å². The number of hydrogen-bond acceptors (Lipinski definition) is 2. The van der Waals surface area contributed by atoms with E-state index >= 15 is 0 Å². The summed E-state index contributed by atoms with van der Waals surface area (Å²) in [5.74, 6) is 0.0859. The highest BCUT2D eigenvalue weighted by Gasteiger charge is 2.41. The Kier molecular flexibility index (Phi) is 3.53. The molecule has 0 unspecified atom stereocenters. The molecule has 0 bridgehead atoms. The number of carboxylic acid groups (broad SMARTS) is 1. The lowest BCUT2D eigenvalue weighted by molar-refractivity contribution is -0.152. The van der Waals surface area contributed by atoms with Gasteiger partial charge in [0.1, 0.15) is 0 Å². The van der Waals surface area contributed by atoms with Crippen LogP contribution in [-0.4, -0.2) is 36.6 Å². The molecule has 0 saturated heterocycles. The molecular weight excluding hydrogens is 178 g/mol. The molecule has 1 rings (SSSR count). The Bertz CT molecular complexity index is 205. The van der Waals surface area contributed by atoms with Gasteiger partial charge in [0.25, 0.3) is 0 Å². The normalized spacial score (nSPS) is 33.3. The van der Waals surface area contributed by atoms with Crippen molar-refractivity contribution in [1.29, 1.82) is 0 Å². The number of carboxylic acids is 1. The topological polar surface area (TPSA) is 40.5 Å². The summed E-state index contributed by atoms with van der Waals surface area (Å²) in [6.07, 6.45) is 3.78. The van der Waals surface area contributed by atoms with Gasteiger partial charge in [-0.05, 0) is 45.7 Å². The molecule has 3 heteroatoms. The maximum atomic E-state index is 11.3. The third-order valence-electron chi connectivity index (χ3n) is 3.30. The van der Waals surface area contributed by atoms with E-state index in [0.717, 1.165) is 25.7 Å². The Labute approximate surface area is 86.1 Å². The van der Waals surface area contributed by atoms with Gasteiger partial charge in [-0.15, -0.1) is 0 Å². The highest BCUT2D eigenvalue weighted by Crippen LogP contribution is 2.39. The average molecular weight is 199 g/mol. The minimum atomic E-state index is -0.613. The fourth-order valence-electron chi connectivity index (χ4n) is 2.36. The molecule has 0 amide bonds. The highest BCUT2D eigenvalue weighted by molar-refractivity contribution is 5.75. The zero-order valence-corrected chi connectivity index (χ0v) is 9.42. The standard InChI is InChI=1S/C11H21NO2/c1-9-4-6-11(7-5-9,10(13)14)8-12(2)3/h9H,4-8H2,1-3H3,(H,13,14). The number of rotatable bonds is 3. The number of carbonyl (C=O) groups is 1. The van der Waals surface area contributed by atoms with E-state index in [-0.39, 0.29) is 0 Å². The molecule has 1 fully saturated rings. The molecule has 1 N–H and O–H groups in total. The molecule has 0 heterocycles. The van der Waals surface area contributed by atoms with Crippen molar-refractivity contribution in [3.05, 3.63) is 0 Å². The van der Waals surface area contributed by atoms with Crippen molar-refractivity contribution in [3.63, 3.8) is 0 Å². The number of aliphatic carboxylic acids is 1. The van der Waals surface area contributed by atoms with Gasteiger partial charge in [-0.3, -0.25) is 4.79 Å². The van der Waals surface area contributed by atoms with Crippen LogP contribution in [0.3, 0.4) is 0 Å². The molecule has 0 radical (unpaired) electrons. The predicted molar refractivity (Wildman–Crippen MR) is 56.3 cm³/mol. The van der Waals surface area contributed by atoms with E-state index in [0.29, 0.717) is 12.5 Å². The highest BCUT2D eigenvalue weighted by atomic mass is 16.4. The maximum Gasteiger partial charge on any atom is 0.310 e. The first-order chi connectivity index (χ1) is 6.46. The molecule has 3 nitrogen and oxygen atoms in total. The minimum absolute atomic E-state index is 0.476. The fraction of sp³-hybridized carbons (Fsp3) is 0.909. The lowest BCUT2D eigenvalue weighted by atomic mass is 9.70. The third-order valence-corrected chi connectivity index (χ3v) is 3.30. The second kappa shape index (κ2) is 4.30. The van der Waals surface area contributed by atoms with Crippen LogP contribution in [0.4, 0.5) is 0 Å². The molecule has 1 aliphatic rings. The van der Waals surface area contributed by atoms with Gasteiger partial charge in [0.2, 0.25) is 0 Å². The van der Waals surface area contributed by atoms with Crippen LogP contribution in [0.15, 0.2) is 0 Å². The largest absolute Gasteiger partial charge is 0.481 e. The van der Waals surface area contributed by atoms with Gasteiger partial charge in [-0.1, -0.05) is 6.92 Å². The Morgan fingerprint density at radius 1 is 1.43 bits per heavy atom. The molecule has 1 saturated carbocycles. The quantitative estimate of drug-likeness (QED) is 0.754. The van der Waals surface area contributed by atoms with E-state index in [2.05, 4.69) is 6.92 Å². The van der Waals surface area contributed by atoms with Crippen LogP contribution in [0.5, 0.6) is 0 Å². The molecule has 0 aliphatic heterocycles. The molecule has 0 aromatic rings. The molecule has 0 aromatic carbocycles. The Balaban J connectivity index is 2.68. The third kappa shape index (κ3) is 2.47. The predicted octanol–water partition coefficient (Wildman–Crippen LogP) is 1.83. The van der Waals surface area contributed by atoms with Crippen molar-refractivity contribution in [3.8, 4) is 0 Å². The van der Waals surface area contributed by atoms with Gasteiger partial charge < -0.3 is 10.0 Å². The Morgan fingerprint density at radius 2 is 1.93 bits per heavy atom. The monoisotopic (exact) mass is 199 g/mol. The van der Waals surface area contributed by atoms with Crippen LogP contribution in [0.1, 0.15) is 32.6 Å². The van der Waals surface area contributed by atoms with Crippen molar-refractivity contribution in [2.24, 2.45) is 11.3 Å². The van der Waals surface area contributed by atoms with Crippen LogP contribution < -0.4 is 0 Å². The summed E-state index contributed by atoms with van der Waals surface area (Å²) in [5, 5.41) is 9.30.